The first-order valence-corrected chi connectivity index (χ1v) is 14.9. The van der Waals surface area contributed by atoms with Crippen molar-refractivity contribution in [2.24, 2.45) is 27.9 Å². The van der Waals surface area contributed by atoms with Gasteiger partial charge < -0.3 is 83.2 Å². The number of likely N-dealkylation sites (N-methyl/N-ethyl adjacent to an activating group) is 1. The third kappa shape index (κ3) is 9.44. The van der Waals surface area contributed by atoms with Crippen LogP contribution in [-0.2, 0) is 18.9 Å². The molecule has 0 radical (unpaired) electrons. The maximum absolute atomic E-state index is 11.6. The van der Waals surface area contributed by atoms with Gasteiger partial charge in [0.1, 0.15) is 42.0 Å². The third-order valence-electron chi connectivity index (χ3n) is 8.27. The normalized spacial score (nSPS) is 42.5. The Kier molecular flexibility index (Phi) is 13.9. The van der Waals surface area contributed by atoms with Crippen molar-refractivity contribution in [2.45, 2.75) is 118 Å². The smallest absolute Gasteiger partial charge is 0.185 e. The molecule has 17 nitrogen and oxygen atoms in total. The summed E-state index contributed by atoms with van der Waals surface area (Å²) in [5.74, 6) is -0.108. The molecule has 0 spiro atoms. The summed E-state index contributed by atoms with van der Waals surface area (Å²) in [5, 5.41) is 68.0. The van der Waals surface area contributed by atoms with Crippen LogP contribution in [0.25, 0.3) is 0 Å². The van der Waals surface area contributed by atoms with Crippen LogP contribution in [0.5, 0.6) is 0 Å². The van der Waals surface area contributed by atoms with Gasteiger partial charge in [-0.25, -0.2) is 0 Å². The number of hydrogen-bond donors (Lipinski definition) is 12. The van der Waals surface area contributed by atoms with Crippen LogP contribution in [0.15, 0.2) is 4.99 Å². The summed E-state index contributed by atoms with van der Waals surface area (Å²) in [6.45, 7) is 1.73. The molecule has 43 heavy (non-hydrogen) atoms. The zero-order valence-corrected chi connectivity index (χ0v) is 24.9. The molecule has 0 bridgehead atoms. The van der Waals surface area contributed by atoms with Crippen molar-refractivity contribution >= 4 is 5.84 Å². The van der Waals surface area contributed by atoms with E-state index in [-0.39, 0.29) is 51.1 Å². The summed E-state index contributed by atoms with van der Waals surface area (Å²) in [5.41, 5.74) is 23.0. The molecule has 252 valence electrons. The summed E-state index contributed by atoms with van der Waals surface area (Å²) in [7, 11) is 1.58. The number of aliphatic hydroxyl groups excluding tert-OH is 5. The number of nitrogens with two attached hydrogens (primary N) is 4. The van der Waals surface area contributed by atoms with Gasteiger partial charge in [0.15, 0.2) is 12.6 Å². The van der Waals surface area contributed by atoms with E-state index in [1.165, 1.54) is 6.92 Å². The Labute approximate surface area is 251 Å². The number of hydrogen-bond acceptors (Lipinski definition) is 16. The number of nitrogens with one attached hydrogen (secondary N) is 2. The van der Waals surface area contributed by atoms with E-state index >= 15 is 0 Å². The fourth-order valence-electron chi connectivity index (χ4n) is 5.78. The van der Waals surface area contributed by atoms with E-state index in [1.54, 1.807) is 7.05 Å². The SMILES string of the molecule is CNC1C(O)C(OC2C(N=C(N)C(O)CCN)CC(N)C(OC3OC(CNCC(O)CO)CCC3N)C2O)OCC1(C)O. The lowest BCUT2D eigenvalue weighted by atomic mass is 9.83. The Morgan fingerprint density at radius 2 is 1.79 bits per heavy atom. The second kappa shape index (κ2) is 16.4. The van der Waals surface area contributed by atoms with Crippen LogP contribution < -0.4 is 33.6 Å². The second-order valence-electron chi connectivity index (χ2n) is 12.0. The average molecular weight is 624 g/mol. The minimum atomic E-state index is -1.42. The van der Waals surface area contributed by atoms with Gasteiger partial charge in [0.2, 0.25) is 0 Å². The molecule has 16 N–H and O–H groups in total. The van der Waals surface area contributed by atoms with E-state index in [0.29, 0.717) is 19.4 Å². The summed E-state index contributed by atoms with van der Waals surface area (Å²) in [6, 6.07) is -2.96. The lowest BCUT2D eigenvalue weighted by Crippen LogP contribution is -2.67. The Bertz CT molecular complexity index is 876. The highest BCUT2D eigenvalue weighted by Crippen LogP contribution is 2.33. The minimum absolute atomic E-state index is 0.108. The van der Waals surface area contributed by atoms with Crippen LogP contribution in [0, 0.1) is 0 Å². The standard InChI is InChI=1S/C26H53N7O10/c1-26(39)11-40-25(19(38)22(26)31-2)43-21-16(33-23(30)17(36)5-6-27)7-15(29)20(18(21)37)42-24-14(28)4-3-13(41-24)9-32-8-12(35)10-34/h12-22,24-25,31-32,34-39H,3-11,27-29H2,1-2H3,(H2,30,33). The first-order valence-electron chi connectivity index (χ1n) is 14.9. The molecule has 3 aliphatic rings. The summed E-state index contributed by atoms with van der Waals surface area (Å²) in [6.07, 6.45) is -7.98. The van der Waals surface area contributed by atoms with Gasteiger partial charge in [-0.05, 0) is 46.2 Å². The molecule has 2 saturated heterocycles. The fourth-order valence-corrected chi connectivity index (χ4v) is 5.78. The number of nitrogens with zero attached hydrogens (tertiary/aromatic N) is 1. The quantitative estimate of drug-likeness (QED) is 0.0633. The zero-order chi connectivity index (χ0) is 31.9. The van der Waals surface area contributed by atoms with Crippen molar-refractivity contribution in [1.29, 1.82) is 0 Å². The van der Waals surface area contributed by atoms with Gasteiger partial charge in [0.25, 0.3) is 0 Å². The number of aliphatic imine (C=N–C) groups is 1. The highest BCUT2D eigenvalue weighted by molar-refractivity contribution is 5.84. The van der Waals surface area contributed by atoms with Crippen LogP contribution >= 0.6 is 0 Å². The maximum Gasteiger partial charge on any atom is 0.185 e. The third-order valence-corrected chi connectivity index (χ3v) is 8.27. The number of aliphatic hydroxyl groups is 6. The highest BCUT2D eigenvalue weighted by atomic mass is 16.7. The van der Waals surface area contributed by atoms with Gasteiger partial charge in [-0.1, -0.05) is 0 Å². The average Bonchev–Trinajstić information content (AvgIpc) is 2.95. The number of amidine groups is 1. The van der Waals surface area contributed by atoms with Crippen molar-refractivity contribution in [3.8, 4) is 0 Å². The molecule has 2 aliphatic heterocycles. The molecule has 3 fully saturated rings. The van der Waals surface area contributed by atoms with Gasteiger partial charge in [-0.3, -0.25) is 4.99 Å². The van der Waals surface area contributed by atoms with E-state index in [1.807, 2.05) is 0 Å². The second-order valence-corrected chi connectivity index (χ2v) is 12.0. The van der Waals surface area contributed by atoms with Crippen molar-refractivity contribution in [2.75, 3.05) is 39.9 Å². The summed E-state index contributed by atoms with van der Waals surface area (Å²) < 4.78 is 24.0. The molecule has 0 aromatic carbocycles. The lowest BCUT2D eigenvalue weighted by molar-refractivity contribution is -0.306. The molecule has 0 amide bonds. The van der Waals surface area contributed by atoms with Crippen LogP contribution in [0.1, 0.15) is 32.6 Å². The maximum atomic E-state index is 11.6. The molecule has 1 aliphatic carbocycles. The van der Waals surface area contributed by atoms with Crippen LogP contribution in [0.2, 0.25) is 0 Å². The Morgan fingerprint density at radius 1 is 1.09 bits per heavy atom. The largest absolute Gasteiger partial charge is 0.394 e. The summed E-state index contributed by atoms with van der Waals surface area (Å²) in [4.78, 5) is 4.42. The van der Waals surface area contributed by atoms with Gasteiger partial charge in [-0.2, -0.15) is 0 Å². The lowest BCUT2D eigenvalue weighted by Gasteiger charge is -2.48. The van der Waals surface area contributed by atoms with Gasteiger partial charge in [-0.15, -0.1) is 0 Å². The van der Waals surface area contributed by atoms with E-state index < -0.39 is 79.0 Å². The number of rotatable bonds is 14. The molecular formula is C26H53N7O10. The first kappa shape index (κ1) is 36.3. The van der Waals surface area contributed by atoms with Crippen LogP contribution in [-0.4, -0.2) is 161 Å². The van der Waals surface area contributed by atoms with Crippen molar-refractivity contribution in [3.05, 3.63) is 0 Å². The Morgan fingerprint density at radius 3 is 2.44 bits per heavy atom. The van der Waals surface area contributed by atoms with E-state index in [9.17, 15) is 25.5 Å². The molecule has 14 unspecified atom stereocenters. The minimum Gasteiger partial charge on any atom is -0.394 e. The van der Waals surface area contributed by atoms with Gasteiger partial charge in [0.05, 0.1) is 43.5 Å². The van der Waals surface area contributed by atoms with Crippen LogP contribution in [0.4, 0.5) is 0 Å². The van der Waals surface area contributed by atoms with E-state index in [0.717, 1.165) is 0 Å². The summed E-state index contributed by atoms with van der Waals surface area (Å²) >= 11 is 0. The molecular weight excluding hydrogens is 570 g/mol. The van der Waals surface area contributed by atoms with E-state index in [4.69, 9.17) is 47.0 Å². The molecule has 14 atom stereocenters. The molecule has 3 rings (SSSR count). The van der Waals surface area contributed by atoms with Crippen molar-refractivity contribution in [3.63, 3.8) is 0 Å². The zero-order valence-electron chi connectivity index (χ0n) is 24.9. The van der Waals surface area contributed by atoms with Gasteiger partial charge in [0, 0.05) is 19.1 Å². The highest BCUT2D eigenvalue weighted by Gasteiger charge is 2.51. The van der Waals surface area contributed by atoms with Crippen LogP contribution in [0.3, 0.4) is 0 Å². The molecule has 0 aromatic rings. The monoisotopic (exact) mass is 623 g/mol. The molecule has 17 heteroatoms. The molecule has 0 aromatic heterocycles. The predicted molar refractivity (Wildman–Crippen MR) is 154 cm³/mol. The first-order chi connectivity index (χ1) is 20.3. The fraction of sp³-hybridized carbons (Fsp3) is 0.962. The van der Waals surface area contributed by atoms with Gasteiger partial charge >= 0.3 is 0 Å². The van der Waals surface area contributed by atoms with Crippen molar-refractivity contribution < 1.29 is 49.6 Å². The molecule has 1 saturated carbocycles. The van der Waals surface area contributed by atoms with E-state index in [2.05, 4.69) is 15.6 Å². The predicted octanol–water partition coefficient (Wildman–Crippen LogP) is -5.88. The molecule has 2 heterocycles. The Hall–Kier alpha value is -1.13. The topological polar surface area (TPSA) is 299 Å². The number of ether oxygens (including phenoxy) is 4. The van der Waals surface area contributed by atoms with Crippen molar-refractivity contribution in [1.82, 2.24) is 10.6 Å². The Balaban J connectivity index is 1.78.